The van der Waals surface area contributed by atoms with Gasteiger partial charge in [0.2, 0.25) is 0 Å². The quantitative estimate of drug-likeness (QED) is 0.268. The fourth-order valence-corrected chi connectivity index (χ4v) is 0.242. The zero-order chi connectivity index (χ0) is 8.15. The maximum absolute atomic E-state index is 10.3. The number of hydrogen-bond acceptors (Lipinski definition) is 3. The monoisotopic (exact) mass is 160 g/mol. The molecular weight excluding hydrogens is 156 g/mol. The Labute approximate surface area is 62.9 Å². The van der Waals surface area contributed by atoms with Gasteiger partial charge in [0.1, 0.15) is 0 Å². The largest absolute Gasteiger partial charge is 0.419 e. The molecular formula is C6H5ClO3. The van der Waals surface area contributed by atoms with Gasteiger partial charge in [0.15, 0.2) is 5.76 Å². The van der Waals surface area contributed by atoms with Crippen LogP contribution in [-0.4, -0.2) is 11.2 Å². The molecule has 0 rings (SSSR count). The molecule has 0 heterocycles. The van der Waals surface area contributed by atoms with E-state index in [9.17, 15) is 9.59 Å². The van der Waals surface area contributed by atoms with Crippen molar-refractivity contribution in [3.63, 3.8) is 0 Å². The summed E-state index contributed by atoms with van der Waals surface area (Å²) < 4.78 is 4.23. The van der Waals surface area contributed by atoms with E-state index >= 15 is 0 Å². The van der Waals surface area contributed by atoms with E-state index in [-0.39, 0.29) is 0 Å². The van der Waals surface area contributed by atoms with E-state index < -0.39 is 17.0 Å². The van der Waals surface area contributed by atoms with Gasteiger partial charge in [0.25, 0.3) is 5.24 Å². The average Bonchev–Trinajstić information content (AvgIpc) is 1.87. The molecule has 0 N–H and O–H groups in total. The van der Waals surface area contributed by atoms with Crippen molar-refractivity contribution in [2.24, 2.45) is 0 Å². The first-order valence-corrected chi connectivity index (χ1v) is 2.68. The smallest absolute Gasteiger partial charge is 0.335 e. The molecule has 0 aliphatic carbocycles. The molecule has 54 valence electrons. The van der Waals surface area contributed by atoms with Gasteiger partial charge in [-0.2, -0.15) is 0 Å². The van der Waals surface area contributed by atoms with Crippen LogP contribution in [0, 0.1) is 0 Å². The van der Waals surface area contributed by atoms with Crippen molar-refractivity contribution >= 4 is 22.8 Å². The molecule has 0 bridgehead atoms. The molecule has 0 fully saturated rings. The maximum Gasteiger partial charge on any atom is 0.335 e. The van der Waals surface area contributed by atoms with Gasteiger partial charge in [0, 0.05) is 6.08 Å². The fraction of sp³-hybridized carbons (Fsp3) is 0. The topological polar surface area (TPSA) is 43.4 Å². The van der Waals surface area contributed by atoms with Crippen LogP contribution >= 0.6 is 11.6 Å². The average molecular weight is 161 g/mol. The van der Waals surface area contributed by atoms with E-state index in [1.165, 1.54) is 0 Å². The molecule has 0 aromatic heterocycles. The molecule has 0 aromatic rings. The predicted molar refractivity (Wildman–Crippen MR) is 36.3 cm³/mol. The van der Waals surface area contributed by atoms with Crippen molar-refractivity contribution in [1.29, 1.82) is 0 Å². The summed E-state index contributed by atoms with van der Waals surface area (Å²) in [7, 11) is 0. The van der Waals surface area contributed by atoms with Gasteiger partial charge in [-0.25, -0.2) is 4.79 Å². The molecule has 0 aliphatic heterocycles. The molecule has 0 saturated carbocycles. The Bertz CT molecular complexity index is 195. The van der Waals surface area contributed by atoms with E-state index in [1.807, 2.05) is 0 Å². The van der Waals surface area contributed by atoms with E-state index in [0.717, 1.165) is 6.08 Å². The van der Waals surface area contributed by atoms with Crippen molar-refractivity contribution < 1.29 is 14.3 Å². The number of hydrogen-bond donors (Lipinski definition) is 0. The highest BCUT2D eigenvalue weighted by Crippen LogP contribution is 1.99. The summed E-state index contributed by atoms with van der Waals surface area (Å²) >= 11 is 4.88. The van der Waals surface area contributed by atoms with Crippen LogP contribution < -0.4 is 0 Å². The first-order chi connectivity index (χ1) is 4.57. The second-order valence-corrected chi connectivity index (χ2v) is 1.67. The number of ether oxygens (including phenoxy) is 1. The van der Waals surface area contributed by atoms with Crippen LogP contribution in [0.4, 0.5) is 0 Å². The highest BCUT2D eigenvalue weighted by Gasteiger charge is 2.06. The van der Waals surface area contributed by atoms with Crippen LogP contribution in [0.25, 0.3) is 0 Å². The summed E-state index contributed by atoms with van der Waals surface area (Å²) in [6.07, 6.45) is 0.908. The first kappa shape index (κ1) is 8.91. The Morgan fingerprint density at radius 2 is 2.00 bits per heavy atom. The molecule has 0 unspecified atom stereocenters. The van der Waals surface area contributed by atoms with Crippen LogP contribution in [0.2, 0.25) is 0 Å². The zero-order valence-electron chi connectivity index (χ0n) is 5.09. The van der Waals surface area contributed by atoms with Crippen LogP contribution in [0.5, 0.6) is 0 Å². The Hall–Kier alpha value is -1.09. The minimum absolute atomic E-state index is 0.397. The Morgan fingerprint density at radius 1 is 1.50 bits per heavy atom. The van der Waals surface area contributed by atoms with Crippen molar-refractivity contribution in [2.45, 2.75) is 0 Å². The van der Waals surface area contributed by atoms with Crippen LogP contribution in [0.15, 0.2) is 25.0 Å². The Morgan fingerprint density at radius 3 is 2.30 bits per heavy atom. The van der Waals surface area contributed by atoms with Gasteiger partial charge in [-0.3, -0.25) is 4.79 Å². The minimum atomic E-state index is -0.893. The molecule has 3 nitrogen and oxygen atoms in total. The number of halogens is 1. The summed E-state index contributed by atoms with van der Waals surface area (Å²) in [5.41, 5.74) is 0. The molecule has 0 aromatic carbocycles. The summed E-state index contributed by atoms with van der Waals surface area (Å²) in [6.45, 7) is 6.17. The molecule has 0 radical (unpaired) electrons. The highest BCUT2D eigenvalue weighted by molar-refractivity contribution is 6.67. The standard InChI is InChI=1S/C6H5ClO3/c1-3-5(8)10-4(2)6(7)9/h3H,1-2H2. The number of carbonyl (C=O) groups is 2. The van der Waals surface area contributed by atoms with Gasteiger partial charge in [-0.15, -0.1) is 0 Å². The predicted octanol–water partition coefficient (Wildman–Crippen LogP) is 0.995. The Balaban J connectivity index is 3.92. The lowest BCUT2D eigenvalue weighted by Crippen LogP contribution is -2.03. The van der Waals surface area contributed by atoms with Gasteiger partial charge < -0.3 is 4.74 Å². The second-order valence-electron chi connectivity index (χ2n) is 1.32. The lowest BCUT2D eigenvalue weighted by atomic mass is 10.6. The molecule has 0 spiro atoms. The third-order valence-corrected chi connectivity index (χ3v) is 0.820. The maximum atomic E-state index is 10.3. The third-order valence-electron chi connectivity index (χ3n) is 0.610. The summed E-state index contributed by atoms with van der Waals surface area (Å²) in [5.74, 6) is -1.15. The van der Waals surface area contributed by atoms with E-state index in [2.05, 4.69) is 17.9 Å². The number of rotatable bonds is 3. The van der Waals surface area contributed by atoms with E-state index in [1.54, 1.807) is 0 Å². The summed E-state index contributed by atoms with van der Waals surface area (Å²) in [6, 6.07) is 0. The van der Waals surface area contributed by atoms with Gasteiger partial charge >= 0.3 is 5.97 Å². The number of allylic oxidation sites excluding steroid dienone is 1. The van der Waals surface area contributed by atoms with Crippen LogP contribution in [0.3, 0.4) is 0 Å². The van der Waals surface area contributed by atoms with Gasteiger partial charge in [-0.1, -0.05) is 13.2 Å². The molecule has 0 atom stereocenters. The first-order valence-electron chi connectivity index (χ1n) is 2.31. The van der Waals surface area contributed by atoms with Gasteiger partial charge in [0.05, 0.1) is 0 Å². The van der Waals surface area contributed by atoms with E-state index in [0.29, 0.717) is 0 Å². The fourth-order valence-electron chi connectivity index (χ4n) is 0.203. The van der Waals surface area contributed by atoms with Crippen LogP contribution in [0.1, 0.15) is 0 Å². The van der Waals surface area contributed by atoms with Crippen molar-refractivity contribution in [1.82, 2.24) is 0 Å². The molecule has 0 saturated heterocycles. The number of esters is 1. The lowest BCUT2D eigenvalue weighted by molar-refractivity contribution is -0.136. The van der Waals surface area contributed by atoms with Gasteiger partial charge in [-0.05, 0) is 11.6 Å². The molecule has 0 amide bonds. The lowest BCUT2D eigenvalue weighted by Gasteiger charge is -1.96. The molecule has 10 heavy (non-hydrogen) atoms. The van der Waals surface area contributed by atoms with Crippen molar-refractivity contribution in [2.75, 3.05) is 0 Å². The normalized spacial score (nSPS) is 8.10. The Kier molecular flexibility index (Phi) is 3.43. The third kappa shape index (κ3) is 3.04. The minimum Gasteiger partial charge on any atom is -0.419 e. The van der Waals surface area contributed by atoms with Crippen LogP contribution in [-0.2, 0) is 14.3 Å². The zero-order valence-corrected chi connectivity index (χ0v) is 5.85. The molecule has 4 heteroatoms. The van der Waals surface area contributed by atoms with E-state index in [4.69, 9.17) is 11.6 Å². The molecule has 0 aliphatic rings. The number of carbonyl (C=O) groups excluding carboxylic acids is 2. The van der Waals surface area contributed by atoms with Crippen molar-refractivity contribution in [3.8, 4) is 0 Å². The summed E-state index contributed by atoms with van der Waals surface area (Å²) in [5, 5.41) is -0.893. The highest BCUT2D eigenvalue weighted by atomic mass is 35.5. The SMILES string of the molecule is C=CC(=O)OC(=C)C(=O)Cl. The summed E-state index contributed by atoms with van der Waals surface area (Å²) in [4.78, 5) is 20.5. The van der Waals surface area contributed by atoms with Crippen molar-refractivity contribution in [3.05, 3.63) is 25.0 Å². The second kappa shape index (κ2) is 3.85.